The van der Waals surface area contributed by atoms with E-state index in [1.165, 1.54) is 17.8 Å². The zero-order valence-electron chi connectivity index (χ0n) is 16.9. The molecule has 1 aromatic heterocycles. The van der Waals surface area contributed by atoms with E-state index >= 15 is 0 Å². The predicted molar refractivity (Wildman–Crippen MR) is 102 cm³/mol. The van der Waals surface area contributed by atoms with Crippen LogP contribution in [0.5, 0.6) is 0 Å². The van der Waals surface area contributed by atoms with Crippen LogP contribution in [0.1, 0.15) is 83.6 Å². The van der Waals surface area contributed by atoms with E-state index in [0.29, 0.717) is 30.4 Å². The van der Waals surface area contributed by atoms with Gasteiger partial charge in [-0.2, -0.15) is 0 Å². The topological polar surface area (TPSA) is 57.0 Å². The largest absolute Gasteiger partial charge is 0.465 e. The van der Waals surface area contributed by atoms with Crippen molar-refractivity contribution in [3.05, 3.63) is 11.4 Å². The number of carbonyl (C=O) groups is 1. The summed E-state index contributed by atoms with van der Waals surface area (Å²) < 4.78 is 7.83. The van der Waals surface area contributed by atoms with Crippen LogP contribution in [0.25, 0.3) is 0 Å². The van der Waals surface area contributed by atoms with Crippen molar-refractivity contribution in [1.82, 2.24) is 15.0 Å². The Bertz CT molecular complexity index is 608. The van der Waals surface area contributed by atoms with Gasteiger partial charge in [0.15, 0.2) is 0 Å². The fraction of sp³-hybridized carbons (Fsp3) is 0.857. The number of hydrogen-bond acceptors (Lipinski definition) is 4. The van der Waals surface area contributed by atoms with E-state index in [1.54, 1.807) is 0 Å². The normalized spacial score (nSPS) is 25.8. The molecular weight excluding hydrogens is 326 g/mol. The van der Waals surface area contributed by atoms with Crippen molar-refractivity contribution < 1.29 is 9.53 Å². The molecule has 4 atom stereocenters. The van der Waals surface area contributed by atoms with E-state index in [2.05, 4.69) is 35.8 Å². The Hall–Kier alpha value is -1.39. The highest BCUT2D eigenvalue weighted by Crippen LogP contribution is 2.53. The molecule has 1 fully saturated rings. The number of ether oxygens (including phenoxy) is 1. The van der Waals surface area contributed by atoms with Gasteiger partial charge in [-0.15, -0.1) is 5.10 Å². The molecule has 0 spiro atoms. The molecule has 0 bridgehead atoms. The van der Waals surface area contributed by atoms with E-state index in [-0.39, 0.29) is 11.9 Å². The lowest BCUT2D eigenvalue weighted by Gasteiger charge is -2.17. The van der Waals surface area contributed by atoms with Crippen molar-refractivity contribution in [3.63, 3.8) is 0 Å². The van der Waals surface area contributed by atoms with Crippen LogP contribution in [0.3, 0.4) is 0 Å². The molecular formula is C21H35N3O2. The van der Waals surface area contributed by atoms with E-state index in [9.17, 15) is 4.79 Å². The van der Waals surface area contributed by atoms with E-state index in [1.807, 2.05) is 6.92 Å². The highest BCUT2D eigenvalue weighted by atomic mass is 16.5. The lowest BCUT2D eigenvalue weighted by atomic mass is 10.0. The molecule has 26 heavy (non-hydrogen) atoms. The number of hydrogen-bond donors (Lipinski definition) is 0. The Kier molecular flexibility index (Phi) is 6.36. The molecule has 5 nitrogen and oxygen atoms in total. The average molecular weight is 362 g/mol. The summed E-state index contributed by atoms with van der Waals surface area (Å²) in [5.74, 6) is 2.00. The SMILES string of the molecule is CCCC(C)C(=O)OC[C@@H]1[C@@H]2CCc3c(nnn3C(CC)CC)CC[C@@H]21. The fourth-order valence-corrected chi connectivity index (χ4v) is 4.83. The van der Waals surface area contributed by atoms with Crippen LogP contribution < -0.4 is 0 Å². The standard InChI is InChI=1S/C21H35N3O2/c1-5-8-14(4)21(25)26-13-18-16-9-11-19-20(12-10-17(16)18)24(23-22-19)15(6-2)7-3/h14-18H,5-13H2,1-4H3/t14?,16-,17+,18-/m0/s1. The molecule has 1 heterocycles. The van der Waals surface area contributed by atoms with Gasteiger partial charge in [-0.05, 0) is 62.7 Å². The third-order valence-electron chi connectivity index (χ3n) is 6.64. The van der Waals surface area contributed by atoms with Crippen molar-refractivity contribution in [2.45, 2.75) is 85.1 Å². The second kappa shape index (κ2) is 8.53. The third-order valence-corrected chi connectivity index (χ3v) is 6.64. The zero-order chi connectivity index (χ0) is 18.7. The highest BCUT2D eigenvalue weighted by Gasteiger charge is 2.50. The maximum atomic E-state index is 12.1. The van der Waals surface area contributed by atoms with Crippen molar-refractivity contribution in [2.24, 2.45) is 23.7 Å². The van der Waals surface area contributed by atoms with Crippen LogP contribution in [0, 0.1) is 23.7 Å². The molecule has 0 aromatic carbocycles. The van der Waals surface area contributed by atoms with Gasteiger partial charge in [0.2, 0.25) is 0 Å². The molecule has 0 saturated heterocycles. The van der Waals surface area contributed by atoms with Crippen LogP contribution in [-0.2, 0) is 22.4 Å². The van der Waals surface area contributed by atoms with Crippen LogP contribution in [-0.4, -0.2) is 27.6 Å². The summed E-state index contributed by atoms with van der Waals surface area (Å²) in [5, 5.41) is 8.97. The Morgan fingerprint density at radius 1 is 1.19 bits per heavy atom. The number of aryl methyl sites for hydroxylation is 1. The first-order valence-electron chi connectivity index (χ1n) is 10.7. The number of rotatable bonds is 8. The summed E-state index contributed by atoms with van der Waals surface area (Å²) in [6.45, 7) is 9.16. The number of nitrogens with zero attached hydrogens (tertiary/aromatic N) is 3. The Morgan fingerprint density at radius 2 is 1.88 bits per heavy atom. The van der Waals surface area contributed by atoms with Gasteiger partial charge >= 0.3 is 5.97 Å². The van der Waals surface area contributed by atoms with Gasteiger partial charge < -0.3 is 4.74 Å². The number of fused-ring (bicyclic) bond motifs is 2. The molecule has 0 radical (unpaired) electrons. The smallest absolute Gasteiger partial charge is 0.308 e. The number of esters is 1. The van der Waals surface area contributed by atoms with Gasteiger partial charge in [-0.25, -0.2) is 4.68 Å². The first kappa shape index (κ1) is 19.4. The maximum Gasteiger partial charge on any atom is 0.308 e. The first-order chi connectivity index (χ1) is 12.6. The second-order valence-corrected chi connectivity index (χ2v) is 8.29. The minimum absolute atomic E-state index is 0.0135. The Balaban J connectivity index is 1.56. The molecule has 1 unspecified atom stereocenters. The lowest BCUT2D eigenvalue weighted by Crippen LogP contribution is -2.16. The van der Waals surface area contributed by atoms with Gasteiger partial charge in [-0.1, -0.05) is 39.3 Å². The zero-order valence-corrected chi connectivity index (χ0v) is 16.9. The molecule has 0 aliphatic heterocycles. The molecule has 0 amide bonds. The van der Waals surface area contributed by atoms with E-state index < -0.39 is 0 Å². The molecule has 2 aliphatic rings. The summed E-state index contributed by atoms with van der Waals surface area (Å²) >= 11 is 0. The van der Waals surface area contributed by atoms with Gasteiger partial charge in [0.05, 0.1) is 30.0 Å². The quantitative estimate of drug-likeness (QED) is 0.646. The fourth-order valence-electron chi connectivity index (χ4n) is 4.83. The van der Waals surface area contributed by atoms with Crippen LogP contribution in [0.2, 0.25) is 0 Å². The Labute approximate surface area is 157 Å². The minimum Gasteiger partial charge on any atom is -0.465 e. The summed E-state index contributed by atoms with van der Waals surface area (Å²) in [4.78, 5) is 12.1. The summed E-state index contributed by atoms with van der Waals surface area (Å²) in [6.07, 6.45) is 8.58. The van der Waals surface area contributed by atoms with Gasteiger partial charge in [-0.3, -0.25) is 4.79 Å². The molecule has 1 aromatic rings. The first-order valence-corrected chi connectivity index (χ1v) is 10.7. The van der Waals surface area contributed by atoms with Crippen molar-refractivity contribution in [2.75, 3.05) is 6.61 Å². The highest BCUT2D eigenvalue weighted by molar-refractivity contribution is 5.71. The van der Waals surface area contributed by atoms with Crippen molar-refractivity contribution in [1.29, 1.82) is 0 Å². The van der Waals surface area contributed by atoms with Gasteiger partial charge in [0.1, 0.15) is 0 Å². The Morgan fingerprint density at radius 3 is 2.54 bits per heavy atom. The molecule has 1 saturated carbocycles. The van der Waals surface area contributed by atoms with Crippen molar-refractivity contribution in [3.8, 4) is 0 Å². The van der Waals surface area contributed by atoms with Crippen molar-refractivity contribution >= 4 is 5.97 Å². The number of aromatic nitrogens is 3. The monoisotopic (exact) mass is 361 g/mol. The van der Waals surface area contributed by atoms with Gasteiger partial charge in [0.25, 0.3) is 0 Å². The predicted octanol–water partition coefficient (Wildman–Crippen LogP) is 4.36. The molecule has 3 rings (SSSR count). The van der Waals surface area contributed by atoms with E-state index in [4.69, 9.17) is 4.74 Å². The van der Waals surface area contributed by atoms with Crippen LogP contribution in [0.4, 0.5) is 0 Å². The van der Waals surface area contributed by atoms with Crippen LogP contribution >= 0.6 is 0 Å². The molecule has 5 heteroatoms. The molecule has 0 N–H and O–H groups in total. The molecule has 146 valence electrons. The third kappa shape index (κ3) is 3.96. The lowest BCUT2D eigenvalue weighted by molar-refractivity contribution is -0.148. The maximum absolute atomic E-state index is 12.1. The van der Waals surface area contributed by atoms with Gasteiger partial charge in [0, 0.05) is 0 Å². The summed E-state index contributed by atoms with van der Waals surface area (Å²) in [6, 6.07) is 0.470. The number of carbonyl (C=O) groups excluding carboxylic acids is 1. The summed E-state index contributed by atoms with van der Waals surface area (Å²) in [5.41, 5.74) is 2.56. The summed E-state index contributed by atoms with van der Waals surface area (Å²) in [7, 11) is 0. The average Bonchev–Trinajstić information content (AvgIpc) is 3.13. The van der Waals surface area contributed by atoms with Crippen LogP contribution in [0.15, 0.2) is 0 Å². The second-order valence-electron chi connectivity index (χ2n) is 8.29. The minimum atomic E-state index is -0.0135. The molecule has 2 aliphatic carbocycles. The van der Waals surface area contributed by atoms with E-state index in [0.717, 1.165) is 44.9 Å².